The van der Waals surface area contributed by atoms with Crippen molar-refractivity contribution in [3.63, 3.8) is 0 Å². The molecule has 0 atom stereocenters. The van der Waals surface area contributed by atoms with E-state index >= 15 is 0 Å². The Bertz CT molecular complexity index is 572. The molecule has 1 aliphatic heterocycles. The second-order valence-electron chi connectivity index (χ2n) is 5.10. The number of anilines is 1. The van der Waals surface area contributed by atoms with Crippen LogP contribution in [0.5, 0.6) is 5.75 Å². The molecule has 2 rings (SSSR count). The molecule has 7 heteroatoms. The number of nitrogens with one attached hydrogen (secondary N) is 2. The number of hydrogen-bond acceptors (Lipinski definition) is 5. The summed E-state index contributed by atoms with van der Waals surface area (Å²) in [5.74, 6) is 0.686. The number of ether oxygens (including phenoxy) is 2. The van der Waals surface area contributed by atoms with Crippen LogP contribution in [0.1, 0.15) is 20.3 Å². The minimum absolute atomic E-state index is 0.160. The second kappa shape index (κ2) is 7.11. The van der Waals surface area contributed by atoms with Gasteiger partial charge in [-0.3, -0.25) is 0 Å². The van der Waals surface area contributed by atoms with Crippen LogP contribution in [-0.4, -0.2) is 40.8 Å². The van der Waals surface area contributed by atoms with Crippen LogP contribution in [0.15, 0.2) is 23.1 Å². The molecule has 0 spiro atoms. The molecule has 0 bridgehead atoms. The molecule has 2 N–H and O–H groups in total. The highest BCUT2D eigenvalue weighted by Gasteiger charge is 2.17. The normalized spacial score (nSPS) is 14.4. The Kier molecular flexibility index (Phi) is 5.44. The molecule has 0 saturated heterocycles. The Labute approximate surface area is 125 Å². The van der Waals surface area contributed by atoms with E-state index < -0.39 is 10.0 Å². The monoisotopic (exact) mass is 314 g/mol. The van der Waals surface area contributed by atoms with E-state index in [2.05, 4.69) is 10.0 Å². The third-order valence-corrected chi connectivity index (χ3v) is 4.46. The standard InChI is InChI=1S/C14H22N2O4S/c1-11(2)19-8-3-6-16-21(17,18)12-4-5-14-13(10-12)15-7-9-20-14/h4-5,10-11,15-16H,3,6-9H2,1-2H3. The largest absolute Gasteiger partial charge is 0.490 e. The molecular formula is C14H22N2O4S. The van der Waals surface area contributed by atoms with E-state index in [4.69, 9.17) is 9.47 Å². The minimum Gasteiger partial charge on any atom is -0.490 e. The molecule has 0 saturated carbocycles. The lowest BCUT2D eigenvalue weighted by molar-refractivity contribution is 0.0778. The Morgan fingerprint density at radius 3 is 3.00 bits per heavy atom. The van der Waals surface area contributed by atoms with E-state index in [0.717, 1.165) is 0 Å². The maximum Gasteiger partial charge on any atom is 0.240 e. The molecule has 1 heterocycles. The van der Waals surface area contributed by atoms with Crippen molar-refractivity contribution >= 4 is 15.7 Å². The zero-order chi connectivity index (χ0) is 15.3. The molecule has 0 amide bonds. The van der Waals surface area contributed by atoms with Crippen molar-refractivity contribution in [3.8, 4) is 5.75 Å². The minimum atomic E-state index is -3.50. The first-order valence-corrected chi connectivity index (χ1v) is 8.59. The van der Waals surface area contributed by atoms with Gasteiger partial charge in [-0.1, -0.05) is 0 Å². The van der Waals surface area contributed by atoms with Crippen LogP contribution in [0.25, 0.3) is 0 Å². The smallest absolute Gasteiger partial charge is 0.240 e. The Hall–Kier alpha value is -1.31. The van der Waals surface area contributed by atoms with Crippen LogP contribution in [-0.2, 0) is 14.8 Å². The fourth-order valence-electron chi connectivity index (χ4n) is 1.97. The molecule has 1 aliphatic rings. The predicted octanol–water partition coefficient (Wildman–Crippen LogP) is 1.58. The van der Waals surface area contributed by atoms with Crippen LogP contribution < -0.4 is 14.8 Å². The van der Waals surface area contributed by atoms with Gasteiger partial charge in [-0.05, 0) is 38.5 Å². The summed E-state index contributed by atoms with van der Waals surface area (Å²) in [5.41, 5.74) is 0.715. The van der Waals surface area contributed by atoms with Gasteiger partial charge in [0.1, 0.15) is 12.4 Å². The first-order valence-electron chi connectivity index (χ1n) is 7.11. The van der Waals surface area contributed by atoms with Gasteiger partial charge in [-0.2, -0.15) is 0 Å². The molecule has 0 aromatic heterocycles. The van der Waals surface area contributed by atoms with Crippen molar-refractivity contribution in [2.75, 3.05) is 31.6 Å². The van der Waals surface area contributed by atoms with Crippen molar-refractivity contribution in [1.82, 2.24) is 4.72 Å². The summed E-state index contributed by atoms with van der Waals surface area (Å²) in [5, 5.41) is 3.13. The fraction of sp³-hybridized carbons (Fsp3) is 0.571. The molecule has 0 radical (unpaired) electrons. The van der Waals surface area contributed by atoms with E-state index in [1.165, 1.54) is 0 Å². The fourth-order valence-corrected chi connectivity index (χ4v) is 3.07. The summed E-state index contributed by atoms with van der Waals surface area (Å²) in [6.45, 7) is 6.07. The average Bonchev–Trinajstić information content (AvgIpc) is 2.46. The number of hydrogen-bond donors (Lipinski definition) is 2. The molecule has 21 heavy (non-hydrogen) atoms. The lowest BCUT2D eigenvalue weighted by Crippen LogP contribution is -2.26. The third kappa shape index (κ3) is 4.59. The van der Waals surface area contributed by atoms with Gasteiger partial charge < -0.3 is 14.8 Å². The quantitative estimate of drug-likeness (QED) is 0.747. The van der Waals surface area contributed by atoms with E-state index in [0.29, 0.717) is 44.2 Å². The van der Waals surface area contributed by atoms with Crippen LogP contribution in [0.4, 0.5) is 5.69 Å². The molecule has 1 aromatic carbocycles. The maximum absolute atomic E-state index is 12.2. The van der Waals surface area contributed by atoms with Gasteiger partial charge in [0.05, 0.1) is 16.7 Å². The average molecular weight is 314 g/mol. The van der Waals surface area contributed by atoms with E-state index in [-0.39, 0.29) is 11.0 Å². The topological polar surface area (TPSA) is 76.7 Å². The van der Waals surface area contributed by atoms with E-state index in [9.17, 15) is 8.42 Å². The van der Waals surface area contributed by atoms with Crippen molar-refractivity contribution < 1.29 is 17.9 Å². The SMILES string of the molecule is CC(C)OCCCNS(=O)(=O)c1ccc2c(c1)NCCO2. The zero-order valence-electron chi connectivity index (χ0n) is 12.4. The summed E-state index contributed by atoms with van der Waals surface area (Å²) < 4.78 is 37.8. The lowest BCUT2D eigenvalue weighted by Gasteiger charge is -2.19. The predicted molar refractivity (Wildman–Crippen MR) is 81.3 cm³/mol. The Morgan fingerprint density at radius 1 is 1.43 bits per heavy atom. The number of fused-ring (bicyclic) bond motifs is 1. The van der Waals surface area contributed by atoms with Gasteiger partial charge >= 0.3 is 0 Å². The van der Waals surface area contributed by atoms with Crippen LogP contribution in [0.2, 0.25) is 0 Å². The molecule has 0 aliphatic carbocycles. The lowest BCUT2D eigenvalue weighted by atomic mass is 10.2. The third-order valence-electron chi connectivity index (χ3n) is 3.00. The van der Waals surface area contributed by atoms with E-state index in [1.54, 1.807) is 18.2 Å². The number of rotatable bonds is 7. The number of benzene rings is 1. The highest BCUT2D eigenvalue weighted by atomic mass is 32.2. The molecule has 0 unspecified atom stereocenters. The van der Waals surface area contributed by atoms with Crippen LogP contribution in [0.3, 0.4) is 0 Å². The first-order chi connectivity index (χ1) is 9.99. The molecular weight excluding hydrogens is 292 g/mol. The van der Waals surface area contributed by atoms with Crippen LogP contribution in [0, 0.1) is 0 Å². The summed E-state index contributed by atoms with van der Waals surface area (Å²) in [4.78, 5) is 0.240. The molecule has 0 fully saturated rings. The summed E-state index contributed by atoms with van der Waals surface area (Å²) in [6.07, 6.45) is 0.803. The van der Waals surface area contributed by atoms with Crippen molar-refractivity contribution in [2.24, 2.45) is 0 Å². The molecule has 1 aromatic rings. The first kappa shape index (κ1) is 16.1. The van der Waals surface area contributed by atoms with Gasteiger partial charge in [-0.25, -0.2) is 13.1 Å². The van der Waals surface area contributed by atoms with Gasteiger partial charge in [0.25, 0.3) is 0 Å². The van der Waals surface area contributed by atoms with Gasteiger partial charge in [-0.15, -0.1) is 0 Å². The Morgan fingerprint density at radius 2 is 2.24 bits per heavy atom. The zero-order valence-corrected chi connectivity index (χ0v) is 13.2. The maximum atomic E-state index is 12.2. The Balaban J connectivity index is 1.93. The van der Waals surface area contributed by atoms with Crippen molar-refractivity contribution in [2.45, 2.75) is 31.3 Å². The van der Waals surface area contributed by atoms with Crippen molar-refractivity contribution in [1.29, 1.82) is 0 Å². The van der Waals surface area contributed by atoms with Crippen LogP contribution >= 0.6 is 0 Å². The molecule has 6 nitrogen and oxygen atoms in total. The number of sulfonamides is 1. The summed E-state index contributed by atoms with van der Waals surface area (Å²) in [6, 6.07) is 4.83. The highest BCUT2D eigenvalue weighted by Crippen LogP contribution is 2.29. The van der Waals surface area contributed by atoms with Gasteiger partial charge in [0.15, 0.2) is 0 Å². The van der Waals surface area contributed by atoms with Crippen molar-refractivity contribution in [3.05, 3.63) is 18.2 Å². The highest BCUT2D eigenvalue weighted by molar-refractivity contribution is 7.89. The van der Waals surface area contributed by atoms with Gasteiger partial charge in [0, 0.05) is 19.7 Å². The van der Waals surface area contributed by atoms with Gasteiger partial charge in [0.2, 0.25) is 10.0 Å². The summed E-state index contributed by atoms with van der Waals surface area (Å²) in [7, 11) is -3.50. The summed E-state index contributed by atoms with van der Waals surface area (Å²) >= 11 is 0. The van der Waals surface area contributed by atoms with E-state index in [1.807, 2.05) is 13.8 Å². The second-order valence-corrected chi connectivity index (χ2v) is 6.87. The molecule has 118 valence electrons.